The molecule has 0 saturated carbocycles. The lowest BCUT2D eigenvalue weighted by atomic mass is 10.3. The van der Waals surface area contributed by atoms with Gasteiger partial charge >= 0.3 is 5.91 Å². The molecule has 0 spiro atoms. The van der Waals surface area contributed by atoms with Gasteiger partial charge < -0.3 is 9.73 Å². The van der Waals surface area contributed by atoms with E-state index in [1.807, 2.05) is 6.07 Å². The van der Waals surface area contributed by atoms with E-state index in [0.29, 0.717) is 0 Å². The minimum Gasteiger partial charge on any atom is -0.455 e. The van der Waals surface area contributed by atoms with Crippen LogP contribution in [-0.2, 0) is 6.54 Å². The van der Waals surface area contributed by atoms with Crippen LogP contribution in [-0.4, -0.2) is 37.0 Å². The second-order valence-corrected chi connectivity index (χ2v) is 4.12. The first-order valence-corrected chi connectivity index (χ1v) is 5.82. The predicted molar refractivity (Wildman–Crippen MR) is 63.1 cm³/mol. The van der Waals surface area contributed by atoms with Gasteiger partial charge in [0.1, 0.15) is 5.76 Å². The maximum atomic E-state index is 11.2. The van der Waals surface area contributed by atoms with Crippen molar-refractivity contribution in [3.8, 4) is 0 Å². The van der Waals surface area contributed by atoms with Crippen LogP contribution < -0.4 is 16.6 Å². The SMILES string of the molecule is NNC(=O)c1ccc(CN2CCCNCC2)o1. The highest BCUT2D eigenvalue weighted by atomic mass is 16.4. The van der Waals surface area contributed by atoms with Crippen LogP contribution in [0.4, 0.5) is 0 Å². The molecule has 4 N–H and O–H groups in total. The highest BCUT2D eigenvalue weighted by Crippen LogP contribution is 2.11. The standard InChI is InChI=1S/C11H18N4O2/c12-14-11(16)10-3-2-9(17-10)8-15-6-1-4-13-5-7-15/h2-3,13H,1,4-8,12H2,(H,14,16). The molecule has 2 heterocycles. The fraction of sp³-hybridized carbons (Fsp3) is 0.545. The summed E-state index contributed by atoms with van der Waals surface area (Å²) in [7, 11) is 0. The van der Waals surface area contributed by atoms with Crippen LogP contribution in [0.25, 0.3) is 0 Å². The normalized spacial score (nSPS) is 17.7. The quantitative estimate of drug-likeness (QED) is 0.382. The predicted octanol–water partition coefficient (Wildman–Crippen LogP) is -0.322. The Hall–Kier alpha value is -1.37. The maximum Gasteiger partial charge on any atom is 0.300 e. The zero-order valence-electron chi connectivity index (χ0n) is 9.74. The Kier molecular flexibility index (Phi) is 4.13. The summed E-state index contributed by atoms with van der Waals surface area (Å²) in [5, 5.41) is 3.34. The van der Waals surface area contributed by atoms with Crippen molar-refractivity contribution in [1.29, 1.82) is 0 Å². The largest absolute Gasteiger partial charge is 0.455 e. The van der Waals surface area contributed by atoms with E-state index < -0.39 is 5.91 Å². The molecule has 0 aromatic carbocycles. The third kappa shape index (κ3) is 3.29. The molecule has 0 atom stereocenters. The van der Waals surface area contributed by atoms with Gasteiger partial charge in [0.05, 0.1) is 6.54 Å². The first kappa shape index (κ1) is 12.1. The molecule has 2 rings (SSSR count). The summed E-state index contributed by atoms with van der Waals surface area (Å²) in [5.74, 6) is 5.70. The van der Waals surface area contributed by atoms with E-state index in [-0.39, 0.29) is 5.76 Å². The molecule has 1 aliphatic rings. The van der Waals surface area contributed by atoms with Gasteiger partial charge in [0.25, 0.3) is 0 Å². The Morgan fingerprint density at radius 2 is 2.35 bits per heavy atom. The van der Waals surface area contributed by atoms with E-state index in [9.17, 15) is 4.79 Å². The lowest BCUT2D eigenvalue weighted by molar-refractivity contribution is 0.0922. The molecule has 0 radical (unpaired) electrons. The molecule has 6 heteroatoms. The monoisotopic (exact) mass is 238 g/mol. The van der Waals surface area contributed by atoms with Crippen molar-refractivity contribution in [1.82, 2.24) is 15.6 Å². The van der Waals surface area contributed by atoms with E-state index in [4.69, 9.17) is 10.3 Å². The number of rotatable bonds is 3. The van der Waals surface area contributed by atoms with Gasteiger partial charge in [-0.15, -0.1) is 0 Å². The molecule has 0 aliphatic carbocycles. The fourth-order valence-corrected chi connectivity index (χ4v) is 1.94. The Labute approximate surface area is 100 Å². The zero-order valence-corrected chi connectivity index (χ0v) is 9.74. The Balaban J connectivity index is 1.93. The number of nitrogen functional groups attached to an aromatic ring is 1. The molecule has 0 bridgehead atoms. The summed E-state index contributed by atoms with van der Waals surface area (Å²) in [6.07, 6.45) is 1.14. The second-order valence-electron chi connectivity index (χ2n) is 4.12. The number of hydrogen-bond acceptors (Lipinski definition) is 5. The molecule has 1 fully saturated rings. The van der Waals surface area contributed by atoms with Gasteiger partial charge in [0.15, 0.2) is 5.76 Å². The lowest BCUT2D eigenvalue weighted by Crippen LogP contribution is -2.29. The topological polar surface area (TPSA) is 83.5 Å². The van der Waals surface area contributed by atoms with E-state index >= 15 is 0 Å². The van der Waals surface area contributed by atoms with Crippen LogP contribution in [0.15, 0.2) is 16.5 Å². The molecular weight excluding hydrogens is 220 g/mol. The number of nitrogens with one attached hydrogen (secondary N) is 2. The number of nitrogens with zero attached hydrogens (tertiary/aromatic N) is 1. The number of nitrogens with two attached hydrogens (primary N) is 1. The summed E-state index contributed by atoms with van der Waals surface area (Å²) >= 11 is 0. The molecule has 0 unspecified atom stereocenters. The summed E-state index contributed by atoms with van der Waals surface area (Å²) in [6, 6.07) is 3.47. The summed E-state index contributed by atoms with van der Waals surface area (Å²) in [4.78, 5) is 13.5. The Morgan fingerprint density at radius 1 is 1.47 bits per heavy atom. The molecule has 1 aromatic heterocycles. The van der Waals surface area contributed by atoms with Crippen molar-refractivity contribution < 1.29 is 9.21 Å². The van der Waals surface area contributed by atoms with Crippen LogP contribution in [0.3, 0.4) is 0 Å². The minimum atomic E-state index is -0.395. The van der Waals surface area contributed by atoms with Crippen molar-refractivity contribution in [2.45, 2.75) is 13.0 Å². The number of carbonyl (C=O) groups is 1. The van der Waals surface area contributed by atoms with E-state index in [0.717, 1.165) is 44.9 Å². The molecule has 1 saturated heterocycles. The average molecular weight is 238 g/mol. The van der Waals surface area contributed by atoms with Crippen molar-refractivity contribution in [3.63, 3.8) is 0 Å². The van der Waals surface area contributed by atoms with Crippen LogP contribution in [0.1, 0.15) is 22.7 Å². The van der Waals surface area contributed by atoms with Gasteiger partial charge in [0, 0.05) is 13.1 Å². The fourth-order valence-electron chi connectivity index (χ4n) is 1.94. The van der Waals surface area contributed by atoms with Crippen molar-refractivity contribution in [3.05, 3.63) is 23.7 Å². The number of hydrazine groups is 1. The number of carbonyl (C=O) groups excluding carboxylic acids is 1. The lowest BCUT2D eigenvalue weighted by Gasteiger charge is -2.17. The molecule has 1 aromatic rings. The molecular formula is C11H18N4O2. The van der Waals surface area contributed by atoms with Crippen LogP contribution in [0.5, 0.6) is 0 Å². The van der Waals surface area contributed by atoms with Crippen molar-refractivity contribution in [2.24, 2.45) is 5.84 Å². The van der Waals surface area contributed by atoms with Gasteiger partial charge in [-0.2, -0.15) is 0 Å². The van der Waals surface area contributed by atoms with Gasteiger partial charge in [-0.1, -0.05) is 0 Å². The first-order valence-electron chi connectivity index (χ1n) is 5.82. The van der Waals surface area contributed by atoms with Gasteiger partial charge in [-0.3, -0.25) is 15.1 Å². The molecule has 17 heavy (non-hydrogen) atoms. The van der Waals surface area contributed by atoms with E-state index in [2.05, 4.69) is 15.6 Å². The number of amides is 1. The smallest absolute Gasteiger partial charge is 0.300 e. The highest BCUT2D eigenvalue weighted by molar-refractivity contribution is 5.90. The molecule has 1 aliphatic heterocycles. The maximum absolute atomic E-state index is 11.2. The Bertz CT molecular complexity index is 369. The Morgan fingerprint density at radius 3 is 3.18 bits per heavy atom. The van der Waals surface area contributed by atoms with E-state index in [1.165, 1.54) is 0 Å². The highest BCUT2D eigenvalue weighted by Gasteiger charge is 2.13. The molecule has 6 nitrogen and oxygen atoms in total. The summed E-state index contributed by atoms with van der Waals surface area (Å²) in [6.45, 7) is 4.84. The third-order valence-electron chi connectivity index (χ3n) is 2.83. The molecule has 1 amide bonds. The second kappa shape index (κ2) is 5.81. The van der Waals surface area contributed by atoms with Crippen LogP contribution in [0.2, 0.25) is 0 Å². The van der Waals surface area contributed by atoms with Gasteiger partial charge in [-0.25, -0.2) is 5.84 Å². The van der Waals surface area contributed by atoms with Gasteiger partial charge in [-0.05, 0) is 31.6 Å². The van der Waals surface area contributed by atoms with Crippen molar-refractivity contribution in [2.75, 3.05) is 26.2 Å². The minimum absolute atomic E-state index is 0.260. The number of furan rings is 1. The summed E-state index contributed by atoms with van der Waals surface area (Å²) < 4.78 is 5.43. The number of hydrogen-bond donors (Lipinski definition) is 3. The first-order chi connectivity index (χ1) is 8.29. The van der Waals surface area contributed by atoms with Gasteiger partial charge in [0.2, 0.25) is 0 Å². The van der Waals surface area contributed by atoms with Crippen molar-refractivity contribution >= 4 is 5.91 Å². The van der Waals surface area contributed by atoms with E-state index in [1.54, 1.807) is 6.07 Å². The summed E-state index contributed by atoms with van der Waals surface area (Å²) in [5.41, 5.74) is 2.05. The van der Waals surface area contributed by atoms with Crippen LogP contribution in [0, 0.1) is 0 Å². The third-order valence-corrected chi connectivity index (χ3v) is 2.83. The van der Waals surface area contributed by atoms with Crippen LogP contribution >= 0.6 is 0 Å². The zero-order chi connectivity index (χ0) is 12.1. The average Bonchev–Trinajstić information content (AvgIpc) is 2.65. The molecule has 94 valence electrons.